The van der Waals surface area contributed by atoms with Crippen LogP contribution in [0, 0.1) is 0 Å². The SMILES string of the molecule is C=CCNC(=O)Cn1nc2ccccn2c1=O. The van der Waals surface area contributed by atoms with Crippen molar-refractivity contribution >= 4 is 11.6 Å². The molecule has 6 heteroatoms. The molecule has 1 N–H and O–H groups in total. The third-order valence-electron chi connectivity index (χ3n) is 2.23. The molecule has 1 amide bonds. The zero-order valence-corrected chi connectivity index (χ0v) is 9.17. The molecule has 0 saturated heterocycles. The maximum absolute atomic E-state index is 11.8. The van der Waals surface area contributed by atoms with Crippen molar-refractivity contribution in [3.05, 3.63) is 47.5 Å². The third kappa shape index (κ3) is 2.25. The van der Waals surface area contributed by atoms with E-state index in [4.69, 9.17) is 0 Å². The van der Waals surface area contributed by atoms with E-state index in [0.29, 0.717) is 12.2 Å². The minimum Gasteiger partial charge on any atom is -0.351 e. The van der Waals surface area contributed by atoms with Crippen LogP contribution in [0.5, 0.6) is 0 Å². The first-order valence-electron chi connectivity index (χ1n) is 5.14. The Morgan fingerprint density at radius 2 is 2.35 bits per heavy atom. The summed E-state index contributed by atoms with van der Waals surface area (Å²) in [7, 11) is 0. The van der Waals surface area contributed by atoms with Gasteiger partial charge >= 0.3 is 5.69 Å². The van der Waals surface area contributed by atoms with Crippen LogP contribution in [-0.4, -0.2) is 26.6 Å². The van der Waals surface area contributed by atoms with Crippen LogP contribution in [0.2, 0.25) is 0 Å². The third-order valence-corrected chi connectivity index (χ3v) is 2.23. The van der Waals surface area contributed by atoms with Crippen molar-refractivity contribution in [2.75, 3.05) is 6.54 Å². The topological polar surface area (TPSA) is 68.4 Å². The quantitative estimate of drug-likeness (QED) is 0.742. The second kappa shape index (κ2) is 4.65. The minimum atomic E-state index is -0.325. The number of aromatic nitrogens is 3. The second-order valence-corrected chi connectivity index (χ2v) is 3.46. The fourth-order valence-electron chi connectivity index (χ4n) is 1.45. The molecule has 0 atom stereocenters. The van der Waals surface area contributed by atoms with Gasteiger partial charge in [0.05, 0.1) is 0 Å². The number of fused-ring (bicyclic) bond motifs is 1. The van der Waals surface area contributed by atoms with Crippen LogP contribution in [-0.2, 0) is 11.3 Å². The van der Waals surface area contributed by atoms with Gasteiger partial charge in [-0.15, -0.1) is 11.7 Å². The Morgan fingerprint density at radius 1 is 1.53 bits per heavy atom. The molecule has 2 heterocycles. The Morgan fingerprint density at radius 3 is 3.06 bits per heavy atom. The molecule has 88 valence electrons. The van der Waals surface area contributed by atoms with Crippen LogP contribution in [0.15, 0.2) is 41.8 Å². The van der Waals surface area contributed by atoms with Crippen LogP contribution in [0.1, 0.15) is 0 Å². The van der Waals surface area contributed by atoms with Gasteiger partial charge in [0.2, 0.25) is 5.91 Å². The molecule has 0 saturated carbocycles. The molecular weight excluding hydrogens is 220 g/mol. The average Bonchev–Trinajstić information content (AvgIpc) is 2.64. The van der Waals surface area contributed by atoms with Crippen LogP contribution in [0.3, 0.4) is 0 Å². The van der Waals surface area contributed by atoms with Crippen LogP contribution >= 0.6 is 0 Å². The normalized spacial score (nSPS) is 10.4. The summed E-state index contributed by atoms with van der Waals surface area (Å²) in [6.45, 7) is 3.78. The number of hydrogen-bond acceptors (Lipinski definition) is 3. The molecule has 0 aliphatic carbocycles. The second-order valence-electron chi connectivity index (χ2n) is 3.46. The molecule has 6 nitrogen and oxygen atoms in total. The van der Waals surface area contributed by atoms with Gasteiger partial charge < -0.3 is 5.32 Å². The summed E-state index contributed by atoms with van der Waals surface area (Å²) in [6.07, 6.45) is 3.19. The number of pyridine rings is 1. The fourth-order valence-corrected chi connectivity index (χ4v) is 1.45. The summed E-state index contributed by atoms with van der Waals surface area (Å²) in [4.78, 5) is 23.2. The molecule has 0 bridgehead atoms. The lowest BCUT2D eigenvalue weighted by atomic mass is 10.5. The van der Waals surface area contributed by atoms with Crippen molar-refractivity contribution in [2.24, 2.45) is 0 Å². The summed E-state index contributed by atoms with van der Waals surface area (Å²) in [6, 6.07) is 5.22. The van der Waals surface area contributed by atoms with E-state index in [9.17, 15) is 9.59 Å². The maximum atomic E-state index is 11.8. The molecule has 0 fully saturated rings. The number of carbonyl (C=O) groups excluding carboxylic acids is 1. The summed E-state index contributed by atoms with van der Waals surface area (Å²) in [5.74, 6) is -0.268. The number of amides is 1. The zero-order valence-electron chi connectivity index (χ0n) is 9.17. The Hall–Kier alpha value is -2.37. The first kappa shape index (κ1) is 11.1. The first-order valence-corrected chi connectivity index (χ1v) is 5.14. The highest BCUT2D eigenvalue weighted by Gasteiger charge is 2.09. The molecule has 2 aromatic rings. The van der Waals surface area contributed by atoms with Gasteiger partial charge in [0.15, 0.2) is 5.65 Å². The molecule has 0 spiro atoms. The highest BCUT2D eigenvalue weighted by Crippen LogP contribution is 1.94. The molecule has 2 aromatic heterocycles. The van der Waals surface area contributed by atoms with E-state index in [0.717, 1.165) is 4.68 Å². The smallest absolute Gasteiger partial charge is 0.350 e. The van der Waals surface area contributed by atoms with E-state index in [-0.39, 0.29) is 18.1 Å². The van der Waals surface area contributed by atoms with E-state index in [1.165, 1.54) is 4.40 Å². The van der Waals surface area contributed by atoms with Crippen molar-refractivity contribution in [1.82, 2.24) is 19.5 Å². The van der Waals surface area contributed by atoms with Gasteiger partial charge in [-0.3, -0.25) is 9.20 Å². The molecule has 0 aromatic carbocycles. The van der Waals surface area contributed by atoms with Gasteiger partial charge in [-0.2, -0.15) is 0 Å². The standard InChI is InChI=1S/C11H12N4O2/c1-2-6-12-10(16)8-15-11(17)14-7-4-3-5-9(14)13-15/h2-5,7H,1,6,8H2,(H,12,16). The summed E-state index contributed by atoms with van der Waals surface area (Å²) in [5, 5.41) is 6.63. The maximum Gasteiger partial charge on any atom is 0.350 e. The highest BCUT2D eigenvalue weighted by molar-refractivity contribution is 5.75. The monoisotopic (exact) mass is 232 g/mol. The number of nitrogens with zero attached hydrogens (tertiary/aromatic N) is 3. The molecule has 17 heavy (non-hydrogen) atoms. The number of nitrogens with one attached hydrogen (secondary N) is 1. The van der Waals surface area contributed by atoms with E-state index >= 15 is 0 Å². The van der Waals surface area contributed by atoms with E-state index < -0.39 is 0 Å². The largest absolute Gasteiger partial charge is 0.351 e. The van der Waals surface area contributed by atoms with Gasteiger partial charge in [-0.1, -0.05) is 12.1 Å². The van der Waals surface area contributed by atoms with Gasteiger partial charge in [0.1, 0.15) is 6.54 Å². The Kier molecular flexibility index (Phi) is 3.04. The van der Waals surface area contributed by atoms with Gasteiger partial charge in [-0.25, -0.2) is 9.48 Å². The van der Waals surface area contributed by atoms with E-state index in [1.807, 2.05) is 0 Å². The van der Waals surface area contributed by atoms with E-state index in [2.05, 4.69) is 17.0 Å². The lowest BCUT2D eigenvalue weighted by molar-refractivity contribution is -0.121. The summed E-state index contributed by atoms with van der Waals surface area (Å²) < 4.78 is 2.52. The summed E-state index contributed by atoms with van der Waals surface area (Å²) in [5.41, 5.74) is 0.198. The summed E-state index contributed by atoms with van der Waals surface area (Å²) >= 11 is 0. The lowest BCUT2D eigenvalue weighted by Crippen LogP contribution is -2.32. The predicted octanol–water partition coefficient (Wildman–Crippen LogP) is -0.202. The molecule has 0 radical (unpaired) electrons. The van der Waals surface area contributed by atoms with Crippen molar-refractivity contribution < 1.29 is 4.79 Å². The first-order chi connectivity index (χ1) is 8.22. The van der Waals surface area contributed by atoms with Gasteiger partial charge in [-0.05, 0) is 12.1 Å². The van der Waals surface area contributed by atoms with Crippen molar-refractivity contribution in [3.63, 3.8) is 0 Å². The van der Waals surface area contributed by atoms with Crippen molar-refractivity contribution in [1.29, 1.82) is 0 Å². The molecular formula is C11H12N4O2. The lowest BCUT2D eigenvalue weighted by Gasteiger charge is -2.00. The van der Waals surface area contributed by atoms with Crippen LogP contribution < -0.4 is 11.0 Å². The van der Waals surface area contributed by atoms with Crippen molar-refractivity contribution in [3.8, 4) is 0 Å². The Balaban J connectivity index is 2.25. The van der Waals surface area contributed by atoms with Crippen LogP contribution in [0.4, 0.5) is 0 Å². The molecule has 0 aliphatic heterocycles. The fraction of sp³-hybridized carbons (Fsp3) is 0.182. The number of rotatable bonds is 4. The molecule has 0 unspecified atom stereocenters. The predicted molar refractivity (Wildman–Crippen MR) is 62.7 cm³/mol. The zero-order chi connectivity index (χ0) is 12.3. The minimum absolute atomic E-state index is 0.0889. The van der Waals surface area contributed by atoms with Crippen molar-refractivity contribution in [2.45, 2.75) is 6.54 Å². The molecule has 0 aliphatic rings. The average molecular weight is 232 g/mol. The molecule has 2 rings (SSSR count). The number of hydrogen-bond donors (Lipinski definition) is 1. The Labute approximate surface area is 97.2 Å². The van der Waals surface area contributed by atoms with Crippen LogP contribution in [0.25, 0.3) is 5.65 Å². The number of carbonyl (C=O) groups is 1. The Bertz CT molecular complexity index is 611. The van der Waals surface area contributed by atoms with E-state index in [1.54, 1.807) is 30.5 Å². The van der Waals surface area contributed by atoms with Gasteiger partial charge in [0.25, 0.3) is 0 Å². The highest BCUT2D eigenvalue weighted by atomic mass is 16.2. The van der Waals surface area contributed by atoms with Gasteiger partial charge in [0, 0.05) is 12.7 Å².